The lowest BCUT2D eigenvalue weighted by atomic mass is 10.1. The van der Waals surface area contributed by atoms with Crippen molar-refractivity contribution in [1.82, 2.24) is 4.98 Å². The molecule has 0 spiro atoms. The van der Waals surface area contributed by atoms with Crippen LogP contribution in [-0.2, 0) is 0 Å². The van der Waals surface area contributed by atoms with E-state index in [0.717, 1.165) is 11.1 Å². The minimum atomic E-state index is 0.142. The number of nitrogens with two attached hydrogens (primary N) is 1. The summed E-state index contributed by atoms with van der Waals surface area (Å²) in [7, 11) is 0. The van der Waals surface area contributed by atoms with Crippen LogP contribution in [0.15, 0.2) is 30.5 Å². The van der Waals surface area contributed by atoms with E-state index in [1.54, 1.807) is 29.3 Å². The molecule has 0 aliphatic heterocycles. The van der Waals surface area contributed by atoms with E-state index in [9.17, 15) is 0 Å². The molecule has 0 aliphatic rings. The maximum absolute atomic E-state index is 8.81. The van der Waals surface area contributed by atoms with Crippen molar-refractivity contribution in [2.24, 2.45) is 0 Å². The largest absolute Gasteiger partial charge is 0.398 e. The number of nitrogen functional groups attached to an aromatic ring is 1. The molecule has 0 bridgehead atoms. The van der Waals surface area contributed by atoms with Crippen LogP contribution < -0.4 is 10.6 Å². The minimum Gasteiger partial charge on any atom is -0.398 e. The molecule has 18 heavy (non-hydrogen) atoms. The smallest absolute Gasteiger partial charge is 0.107 e. The SMILES string of the molecule is N#CCN(CC#N)c1ccc(N)c2cccnc12. The molecule has 2 aromatic rings. The highest BCUT2D eigenvalue weighted by Gasteiger charge is 2.11. The first kappa shape index (κ1) is 11.7. The summed E-state index contributed by atoms with van der Waals surface area (Å²) in [6, 6.07) is 11.3. The highest BCUT2D eigenvalue weighted by atomic mass is 15.1. The van der Waals surface area contributed by atoms with Crippen molar-refractivity contribution in [3.05, 3.63) is 30.5 Å². The Bertz CT molecular complexity index is 634. The second-order valence-corrected chi connectivity index (χ2v) is 3.75. The molecular formula is C13H11N5. The van der Waals surface area contributed by atoms with Crippen molar-refractivity contribution < 1.29 is 0 Å². The first-order chi connectivity index (χ1) is 8.77. The third-order valence-electron chi connectivity index (χ3n) is 2.65. The van der Waals surface area contributed by atoms with Crippen LogP contribution in [0.2, 0.25) is 0 Å². The molecule has 5 nitrogen and oxygen atoms in total. The molecule has 1 heterocycles. The number of aromatic nitrogens is 1. The molecule has 0 atom stereocenters. The number of rotatable bonds is 3. The lowest BCUT2D eigenvalue weighted by molar-refractivity contribution is 0.970. The van der Waals surface area contributed by atoms with Gasteiger partial charge in [-0.3, -0.25) is 4.98 Å². The topological polar surface area (TPSA) is 89.7 Å². The Kier molecular flexibility index (Phi) is 3.26. The zero-order valence-corrected chi connectivity index (χ0v) is 9.67. The summed E-state index contributed by atoms with van der Waals surface area (Å²) in [5.74, 6) is 0. The van der Waals surface area contributed by atoms with Gasteiger partial charge < -0.3 is 10.6 Å². The summed E-state index contributed by atoms with van der Waals surface area (Å²) < 4.78 is 0. The zero-order chi connectivity index (χ0) is 13.0. The minimum absolute atomic E-state index is 0.142. The van der Waals surface area contributed by atoms with Gasteiger partial charge in [0.15, 0.2) is 0 Å². The van der Waals surface area contributed by atoms with Gasteiger partial charge in [-0.15, -0.1) is 0 Å². The van der Waals surface area contributed by atoms with Gasteiger partial charge in [-0.2, -0.15) is 10.5 Å². The molecule has 0 amide bonds. The summed E-state index contributed by atoms with van der Waals surface area (Å²) >= 11 is 0. The normalized spacial score (nSPS) is 9.67. The van der Waals surface area contributed by atoms with Gasteiger partial charge in [0.1, 0.15) is 13.1 Å². The highest BCUT2D eigenvalue weighted by molar-refractivity contribution is 5.98. The van der Waals surface area contributed by atoms with Crippen molar-refractivity contribution in [3.8, 4) is 12.1 Å². The Morgan fingerprint density at radius 3 is 2.56 bits per heavy atom. The molecule has 0 saturated carbocycles. The number of anilines is 2. The van der Waals surface area contributed by atoms with Crippen LogP contribution in [0.3, 0.4) is 0 Å². The lowest BCUT2D eigenvalue weighted by Crippen LogP contribution is -2.24. The van der Waals surface area contributed by atoms with E-state index >= 15 is 0 Å². The predicted octanol–water partition coefficient (Wildman–Crippen LogP) is 1.67. The Morgan fingerprint density at radius 1 is 1.17 bits per heavy atom. The molecule has 0 unspecified atom stereocenters. The summed E-state index contributed by atoms with van der Waals surface area (Å²) in [6.45, 7) is 0.284. The standard InChI is InChI=1S/C13H11N5/c14-5-8-18(9-6-15)12-4-3-11(16)10-2-1-7-17-13(10)12/h1-4,7H,8-9,16H2. The molecule has 0 fully saturated rings. The van der Waals surface area contributed by atoms with Gasteiger partial charge in [0.2, 0.25) is 0 Å². The van der Waals surface area contributed by atoms with Gasteiger partial charge in [0.25, 0.3) is 0 Å². The van der Waals surface area contributed by atoms with Crippen molar-refractivity contribution in [3.63, 3.8) is 0 Å². The van der Waals surface area contributed by atoms with Crippen LogP contribution in [-0.4, -0.2) is 18.1 Å². The predicted molar refractivity (Wildman–Crippen MR) is 69.6 cm³/mol. The molecule has 2 N–H and O–H groups in total. The van der Waals surface area contributed by atoms with E-state index in [2.05, 4.69) is 4.98 Å². The second-order valence-electron chi connectivity index (χ2n) is 3.75. The average molecular weight is 237 g/mol. The van der Waals surface area contributed by atoms with Crippen LogP contribution in [0.25, 0.3) is 10.9 Å². The molecule has 88 valence electrons. The lowest BCUT2D eigenvalue weighted by Gasteiger charge is -2.19. The van der Waals surface area contributed by atoms with Crippen molar-refractivity contribution >= 4 is 22.3 Å². The number of benzene rings is 1. The molecule has 0 aliphatic carbocycles. The van der Waals surface area contributed by atoms with Crippen molar-refractivity contribution in [2.75, 3.05) is 23.7 Å². The summed E-state index contributed by atoms with van der Waals surface area (Å²) in [6.07, 6.45) is 1.67. The fraction of sp³-hybridized carbons (Fsp3) is 0.154. The first-order valence-corrected chi connectivity index (χ1v) is 5.40. The number of hydrogen-bond donors (Lipinski definition) is 1. The number of hydrogen-bond acceptors (Lipinski definition) is 5. The van der Waals surface area contributed by atoms with E-state index in [0.29, 0.717) is 11.2 Å². The molecule has 0 radical (unpaired) electrons. The Labute approximate surface area is 105 Å². The van der Waals surface area contributed by atoms with Crippen molar-refractivity contribution in [2.45, 2.75) is 0 Å². The van der Waals surface area contributed by atoms with E-state index < -0.39 is 0 Å². The quantitative estimate of drug-likeness (QED) is 0.647. The Balaban J connectivity index is 2.61. The second kappa shape index (κ2) is 5.03. The van der Waals surface area contributed by atoms with Gasteiger partial charge in [-0.05, 0) is 24.3 Å². The summed E-state index contributed by atoms with van der Waals surface area (Å²) in [4.78, 5) is 5.96. The number of fused-ring (bicyclic) bond motifs is 1. The van der Waals surface area contributed by atoms with Crippen LogP contribution in [0.1, 0.15) is 0 Å². The summed E-state index contributed by atoms with van der Waals surface area (Å²) in [5.41, 5.74) is 7.98. The monoisotopic (exact) mass is 237 g/mol. The maximum Gasteiger partial charge on any atom is 0.107 e. The molecular weight excluding hydrogens is 226 g/mol. The first-order valence-electron chi connectivity index (χ1n) is 5.40. The van der Waals surface area contributed by atoms with Crippen LogP contribution in [0.5, 0.6) is 0 Å². The molecule has 0 saturated heterocycles. The van der Waals surface area contributed by atoms with Gasteiger partial charge in [0.05, 0.1) is 23.3 Å². The zero-order valence-electron chi connectivity index (χ0n) is 9.67. The fourth-order valence-corrected chi connectivity index (χ4v) is 1.83. The van der Waals surface area contributed by atoms with Gasteiger partial charge in [-0.1, -0.05) is 0 Å². The number of nitriles is 2. The Hall–Kier alpha value is -2.79. The number of pyridine rings is 1. The third-order valence-corrected chi connectivity index (χ3v) is 2.65. The summed E-state index contributed by atoms with van der Waals surface area (Å²) in [5, 5.41) is 18.4. The van der Waals surface area contributed by atoms with E-state index in [1.165, 1.54) is 0 Å². The molecule has 1 aromatic heterocycles. The molecule has 1 aromatic carbocycles. The molecule has 5 heteroatoms. The van der Waals surface area contributed by atoms with Gasteiger partial charge in [-0.25, -0.2) is 0 Å². The van der Waals surface area contributed by atoms with Crippen molar-refractivity contribution in [1.29, 1.82) is 10.5 Å². The fourth-order valence-electron chi connectivity index (χ4n) is 1.83. The average Bonchev–Trinajstić information content (AvgIpc) is 2.39. The third kappa shape index (κ3) is 2.02. The maximum atomic E-state index is 8.81. The van der Waals surface area contributed by atoms with E-state index in [-0.39, 0.29) is 13.1 Å². The number of nitrogens with zero attached hydrogens (tertiary/aromatic N) is 4. The highest BCUT2D eigenvalue weighted by Crippen LogP contribution is 2.28. The van der Waals surface area contributed by atoms with Crippen LogP contribution in [0, 0.1) is 22.7 Å². The Morgan fingerprint density at radius 2 is 1.89 bits per heavy atom. The van der Waals surface area contributed by atoms with E-state index in [1.807, 2.05) is 18.2 Å². The van der Waals surface area contributed by atoms with Gasteiger partial charge >= 0.3 is 0 Å². The van der Waals surface area contributed by atoms with Gasteiger partial charge in [0, 0.05) is 17.3 Å². The van der Waals surface area contributed by atoms with E-state index in [4.69, 9.17) is 16.3 Å². The van der Waals surface area contributed by atoms with Crippen LogP contribution >= 0.6 is 0 Å². The van der Waals surface area contributed by atoms with Crippen LogP contribution in [0.4, 0.5) is 11.4 Å². The molecule has 2 rings (SSSR count).